The molecule has 2 aliphatic heterocycles. The summed E-state index contributed by atoms with van der Waals surface area (Å²) >= 11 is 0. The zero-order valence-electron chi connectivity index (χ0n) is 27.9. The van der Waals surface area contributed by atoms with Crippen LogP contribution in [0.5, 0.6) is 0 Å². The first-order chi connectivity index (χ1) is 21.5. The summed E-state index contributed by atoms with van der Waals surface area (Å²) in [6, 6.07) is 12.5. The van der Waals surface area contributed by atoms with Gasteiger partial charge in [0, 0.05) is 106 Å². The van der Waals surface area contributed by atoms with Gasteiger partial charge in [0.15, 0.2) is 0 Å². The van der Waals surface area contributed by atoms with Gasteiger partial charge in [0.05, 0.1) is 48.3 Å². The molecule has 0 amide bonds. The Kier molecular flexibility index (Phi) is 16.9. The van der Waals surface area contributed by atoms with Crippen LogP contribution in [0.15, 0.2) is 36.4 Å². The molecule has 2 radical (unpaired) electrons. The quantitative estimate of drug-likeness (QED) is 0.0827. The normalized spacial score (nSPS) is 13.3. The fourth-order valence-electron chi connectivity index (χ4n) is 5.61. The number of fused-ring (bicyclic) bond motifs is 8. The first-order valence-electron chi connectivity index (χ1n) is 16.0. The maximum atomic E-state index is 12.4. The standard InChI is InChI=1S/C36H44F2N4O2.2Na/c1-25(43-17-9-5-3-7-15-37)33-21-31-20-29-12-11-27(39-29)19-28-13-14-30(40-28)23-35-34(22-32(42-35)24-36(33)41-31)26(2)44-18-10-6-4-8-16-38;;/h11-14,19-26,41-42H,3-10,15-18H2,1-2H3;;. The minimum Gasteiger partial charge on any atom is -0.374 e. The van der Waals surface area contributed by atoms with Crippen LogP contribution in [0.1, 0.15) is 111 Å². The van der Waals surface area contributed by atoms with Crippen LogP contribution in [0.3, 0.4) is 0 Å². The molecule has 10 heteroatoms. The first kappa shape index (κ1) is 38.8. The molecular weight excluding hydrogens is 604 g/mol. The number of halogens is 2. The van der Waals surface area contributed by atoms with E-state index in [2.05, 4.69) is 48.1 Å². The van der Waals surface area contributed by atoms with Crippen molar-refractivity contribution in [1.29, 1.82) is 0 Å². The largest absolute Gasteiger partial charge is 0.374 e. The molecule has 5 heterocycles. The van der Waals surface area contributed by atoms with Crippen molar-refractivity contribution in [3.8, 4) is 0 Å². The van der Waals surface area contributed by atoms with Gasteiger partial charge in [-0.2, -0.15) is 0 Å². The molecule has 236 valence electrons. The minimum absolute atomic E-state index is 0. The summed E-state index contributed by atoms with van der Waals surface area (Å²) in [4.78, 5) is 16.8. The number of hydrogen-bond donors (Lipinski definition) is 2. The molecular formula is C36H44F2N4Na2O2. The zero-order valence-corrected chi connectivity index (χ0v) is 31.9. The van der Waals surface area contributed by atoms with Crippen molar-refractivity contribution in [2.75, 3.05) is 26.6 Å². The number of alkyl halides is 2. The number of nitrogens with one attached hydrogen (secondary N) is 2. The maximum Gasteiger partial charge on any atom is 0.0894 e. The van der Waals surface area contributed by atoms with E-state index in [1.54, 1.807) is 0 Å². The van der Waals surface area contributed by atoms with Gasteiger partial charge in [-0.25, -0.2) is 9.97 Å². The second-order valence-electron chi connectivity index (χ2n) is 11.6. The first-order valence-corrected chi connectivity index (χ1v) is 16.0. The van der Waals surface area contributed by atoms with E-state index in [4.69, 9.17) is 19.4 Å². The van der Waals surface area contributed by atoms with Crippen LogP contribution in [0, 0.1) is 0 Å². The van der Waals surface area contributed by atoms with E-state index in [-0.39, 0.29) is 84.7 Å². The molecule has 0 saturated carbocycles. The molecule has 0 fully saturated rings. The van der Waals surface area contributed by atoms with Crippen LogP contribution in [-0.4, -0.2) is 106 Å². The smallest absolute Gasteiger partial charge is 0.0894 e. The summed E-state index contributed by atoms with van der Waals surface area (Å²) < 4.78 is 37.4. The van der Waals surface area contributed by atoms with Gasteiger partial charge in [-0.1, -0.05) is 25.7 Å². The Balaban J connectivity index is 0.00000288. The fraction of sp³-hybridized carbons (Fsp3) is 0.444. The van der Waals surface area contributed by atoms with Crippen molar-refractivity contribution in [2.45, 2.75) is 77.4 Å². The number of nitrogens with zero attached hydrogens (tertiary/aromatic N) is 2. The van der Waals surface area contributed by atoms with Crippen molar-refractivity contribution in [3.63, 3.8) is 0 Å². The maximum absolute atomic E-state index is 12.4. The van der Waals surface area contributed by atoms with Crippen molar-refractivity contribution < 1.29 is 18.3 Å². The van der Waals surface area contributed by atoms with E-state index < -0.39 is 0 Å². The van der Waals surface area contributed by atoms with Crippen molar-refractivity contribution in [2.24, 2.45) is 0 Å². The Hall–Kier alpha value is -1.62. The SMILES string of the molecule is CC(OCCCCCCF)c1cc2cc3[nH]c(cc4nc(cc5nc(cc1[nH]2)C=C5)C=C4)cc3C(C)OCCCCCCF.[Na].[Na]. The van der Waals surface area contributed by atoms with Crippen LogP contribution in [0.4, 0.5) is 8.78 Å². The molecule has 0 saturated heterocycles. The van der Waals surface area contributed by atoms with Crippen molar-refractivity contribution >= 4 is 105 Å². The van der Waals surface area contributed by atoms with Gasteiger partial charge in [0.2, 0.25) is 0 Å². The molecule has 0 spiro atoms. The Bertz CT molecular complexity index is 1620. The van der Waals surface area contributed by atoms with Gasteiger partial charge >= 0.3 is 0 Å². The van der Waals surface area contributed by atoms with Crippen LogP contribution in [-0.2, 0) is 9.47 Å². The van der Waals surface area contributed by atoms with Gasteiger partial charge < -0.3 is 19.4 Å². The molecule has 6 nitrogen and oxygen atoms in total. The summed E-state index contributed by atoms with van der Waals surface area (Å²) in [5.41, 5.74) is 9.33. The van der Waals surface area contributed by atoms with E-state index in [0.29, 0.717) is 26.1 Å². The second-order valence-corrected chi connectivity index (χ2v) is 11.6. The van der Waals surface area contributed by atoms with Gasteiger partial charge in [-0.05, 0) is 100 Å². The number of rotatable bonds is 16. The topological polar surface area (TPSA) is 75.8 Å². The second kappa shape index (κ2) is 20.0. The Labute approximate surface area is 315 Å². The number of aromatic nitrogens is 4. The molecule has 0 aliphatic carbocycles. The third-order valence-corrected chi connectivity index (χ3v) is 8.03. The summed E-state index contributed by atoms with van der Waals surface area (Å²) in [5.74, 6) is 0. The summed E-state index contributed by atoms with van der Waals surface area (Å²) in [5, 5.41) is 0. The third kappa shape index (κ3) is 11.2. The summed E-state index contributed by atoms with van der Waals surface area (Å²) in [6.45, 7) is 4.89. The molecule has 3 aromatic heterocycles. The van der Waals surface area contributed by atoms with E-state index in [9.17, 15) is 8.78 Å². The predicted octanol–water partition coefficient (Wildman–Crippen LogP) is 9.11. The van der Waals surface area contributed by atoms with Crippen molar-refractivity contribution in [3.05, 3.63) is 70.3 Å². The molecule has 8 bridgehead atoms. The van der Waals surface area contributed by atoms with Gasteiger partial charge in [0.1, 0.15) is 0 Å². The Morgan fingerprint density at radius 3 is 1.46 bits per heavy atom. The van der Waals surface area contributed by atoms with Gasteiger partial charge in [-0.3, -0.25) is 8.78 Å². The van der Waals surface area contributed by atoms with Crippen molar-refractivity contribution in [1.82, 2.24) is 19.9 Å². The average molecular weight is 649 g/mol. The monoisotopic (exact) mass is 648 g/mol. The molecule has 5 rings (SSSR count). The molecule has 2 aliphatic rings. The molecule has 46 heavy (non-hydrogen) atoms. The van der Waals surface area contributed by atoms with E-state index in [1.165, 1.54) is 0 Å². The van der Waals surface area contributed by atoms with Gasteiger partial charge in [0.25, 0.3) is 0 Å². The average Bonchev–Trinajstić information content (AvgIpc) is 3.81. The molecule has 2 unspecified atom stereocenters. The summed E-state index contributed by atoms with van der Waals surface area (Å²) in [7, 11) is 0. The number of hydrogen-bond acceptors (Lipinski definition) is 4. The summed E-state index contributed by atoms with van der Waals surface area (Å²) in [6.07, 6.45) is 14.5. The molecule has 2 atom stereocenters. The van der Waals surface area contributed by atoms with E-state index in [0.717, 1.165) is 94.5 Å². The number of H-pyrrole nitrogens is 2. The van der Waals surface area contributed by atoms with E-state index in [1.807, 2.05) is 36.4 Å². The van der Waals surface area contributed by atoms with Crippen LogP contribution in [0.25, 0.3) is 46.4 Å². The molecule has 2 N–H and O–H groups in total. The van der Waals surface area contributed by atoms with Crippen LogP contribution in [0.2, 0.25) is 0 Å². The molecule has 3 aromatic rings. The minimum atomic E-state index is -0.257. The Morgan fingerprint density at radius 1 is 0.543 bits per heavy atom. The Morgan fingerprint density at radius 2 is 0.957 bits per heavy atom. The number of ether oxygens (including phenoxy) is 2. The fourth-order valence-corrected chi connectivity index (χ4v) is 5.61. The van der Waals surface area contributed by atoms with Crippen LogP contribution < -0.4 is 0 Å². The zero-order chi connectivity index (χ0) is 30.7. The third-order valence-electron chi connectivity index (χ3n) is 8.03. The number of aromatic amines is 2. The molecule has 0 aromatic carbocycles. The number of unbranched alkanes of at least 4 members (excludes halogenated alkanes) is 6. The van der Waals surface area contributed by atoms with Crippen LogP contribution >= 0.6 is 0 Å². The van der Waals surface area contributed by atoms with Gasteiger partial charge in [-0.15, -0.1) is 0 Å². The predicted molar refractivity (Wildman–Crippen MR) is 188 cm³/mol. The van der Waals surface area contributed by atoms with E-state index >= 15 is 0 Å².